The van der Waals surface area contributed by atoms with Gasteiger partial charge in [0.25, 0.3) is 0 Å². The number of hydrogen-bond acceptors (Lipinski definition) is 12. The van der Waals surface area contributed by atoms with Crippen LogP contribution in [0.25, 0.3) is 21.8 Å². The number of fused-ring (bicyclic) bond motifs is 2. The van der Waals surface area contributed by atoms with Gasteiger partial charge >= 0.3 is 11.4 Å². The fourth-order valence-corrected chi connectivity index (χ4v) is 5.91. The number of pyridine rings is 2. The summed E-state index contributed by atoms with van der Waals surface area (Å²) in [7, 11) is 6.39. The van der Waals surface area contributed by atoms with Crippen molar-refractivity contribution in [1.82, 2.24) is 9.97 Å². The normalized spacial score (nSPS) is 10.3. The topological polar surface area (TPSA) is 187 Å². The number of anilines is 1. The van der Waals surface area contributed by atoms with Crippen molar-refractivity contribution in [2.24, 2.45) is 5.73 Å². The number of halogens is 3. The number of aromatic nitrogens is 2. The van der Waals surface area contributed by atoms with E-state index in [1.807, 2.05) is 42.5 Å². The van der Waals surface area contributed by atoms with Crippen LogP contribution in [0, 0.1) is 20.2 Å². The molecule has 2 aromatic heterocycles. The quantitative estimate of drug-likeness (QED) is 0.0983. The van der Waals surface area contributed by atoms with E-state index in [0.717, 1.165) is 37.8 Å². The highest BCUT2D eigenvalue weighted by Crippen LogP contribution is 2.35. The third-order valence-corrected chi connectivity index (χ3v) is 9.00. The summed E-state index contributed by atoms with van der Waals surface area (Å²) >= 11 is 12.6. The Bertz CT molecular complexity index is 2260. The van der Waals surface area contributed by atoms with Crippen molar-refractivity contribution in [3.8, 4) is 23.0 Å². The summed E-state index contributed by atoms with van der Waals surface area (Å²) in [5.74, 6) is 2.87. The lowest BCUT2D eigenvalue weighted by molar-refractivity contribution is -0.384. The van der Waals surface area contributed by atoms with Gasteiger partial charge in [0.2, 0.25) is 0 Å². The molecular weight excluding hydrogens is 840 g/mol. The minimum atomic E-state index is -0.545. The molecule has 6 aromatic rings. The Morgan fingerprint density at radius 3 is 1.70 bits per heavy atom. The van der Waals surface area contributed by atoms with Crippen molar-refractivity contribution < 1.29 is 28.8 Å². The summed E-state index contributed by atoms with van der Waals surface area (Å²) in [5, 5.41) is 26.6. The Hall–Kier alpha value is -5.29. The average molecular weight is 873 g/mol. The molecule has 0 radical (unpaired) electrons. The number of ether oxygens (including phenoxy) is 4. The third kappa shape index (κ3) is 10.2. The van der Waals surface area contributed by atoms with Crippen LogP contribution < -0.4 is 30.0 Å². The molecule has 0 aliphatic rings. The largest absolute Gasteiger partial charge is 0.497 e. The van der Waals surface area contributed by atoms with E-state index in [0.29, 0.717) is 52.1 Å². The van der Waals surface area contributed by atoms with Crippen LogP contribution in [0.2, 0.25) is 5.02 Å². The molecular formula is C36H33Br2ClN6O8. The SMILES string of the molecule is COc1ccc(CN)c(OC)c1.COc1ccc(CNc2c([N+](=O)[O-])cnc3cc(Br)ccc23)c(OC)c1.O=[N+]([O-])c1cnc2cc(Br)ccc2c1Cl. The van der Waals surface area contributed by atoms with Gasteiger partial charge in [-0.2, -0.15) is 0 Å². The summed E-state index contributed by atoms with van der Waals surface area (Å²) in [6, 6.07) is 21.7. The first-order chi connectivity index (χ1) is 25.4. The summed E-state index contributed by atoms with van der Waals surface area (Å²) in [4.78, 5) is 29.2. The highest BCUT2D eigenvalue weighted by atomic mass is 79.9. The maximum atomic E-state index is 11.4. The molecule has 0 spiro atoms. The van der Waals surface area contributed by atoms with Crippen LogP contribution in [0.3, 0.4) is 0 Å². The van der Waals surface area contributed by atoms with Crippen molar-refractivity contribution >= 4 is 82.3 Å². The Labute approximate surface area is 325 Å². The van der Waals surface area contributed by atoms with Gasteiger partial charge in [0.15, 0.2) is 0 Å². The van der Waals surface area contributed by atoms with E-state index in [-0.39, 0.29) is 16.4 Å². The van der Waals surface area contributed by atoms with E-state index in [1.165, 1.54) is 6.20 Å². The minimum absolute atomic E-state index is 0.0766. The molecule has 17 heteroatoms. The van der Waals surface area contributed by atoms with E-state index in [4.69, 9.17) is 36.3 Å². The molecule has 53 heavy (non-hydrogen) atoms. The van der Waals surface area contributed by atoms with Gasteiger partial charge in [-0.15, -0.1) is 0 Å². The van der Waals surface area contributed by atoms with Crippen LogP contribution in [0.5, 0.6) is 23.0 Å². The van der Waals surface area contributed by atoms with E-state index in [9.17, 15) is 20.2 Å². The van der Waals surface area contributed by atoms with Crippen LogP contribution >= 0.6 is 43.5 Å². The van der Waals surface area contributed by atoms with Crippen molar-refractivity contribution in [2.45, 2.75) is 13.1 Å². The zero-order chi connectivity index (χ0) is 38.7. The molecule has 3 N–H and O–H groups in total. The Morgan fingerprint density at radius 1 is 0.698 bits per heavy atom. The Morgan fingerprint density at radius 2 is 1.19 bits per heavy atom. The second-order valence-corrected chi connectivity index (χ2v) is 12.9. The summed E-state index contributed by atoms with van der Waals surface area (Å²) in [6.45, 7) is 0.830. The predicted molar refractivity (Wildman–Crippen MR) is 212 cm³/mol. The van der Waals surface area contributed by atoms with E-state index in [1.54, 1.807) is 58.8 Å². The molecule has 0 saturated heterocycles. The first-order valence-corrected chi connectivity index (χ1v) is 17.4. The van der Waals surface area contributed by atoms with Gasteiger partial charge in [0.1, 0.15) is 46.1 Å². The zero-order valence-electron chi connectivity index (χ0n) is 28.8. The van der Waals surface area contributed by atoms with Crippen molar-refractivity contribution in [2.75, 3.05) is 33.8 Å². The third-order valence-electron chi connectivity index (χ3n) is 7.62. The number of hydrogen-bond donors (Lipinski definition) is 2. The summed E-state index contributed by atoms with van der Waals surface area (Å²) in [5.41, 5.74) is 8.79. The molecule has 0 bridgehead atoms. The molecule has 0 amide bonds. The number of methoxy groups -OCH3 is 4. The lowest BCUT2D eigenvalue weighted by Crippen LogP contribution is -2.05. The molecule has 2 heterocycles. The molecule has 0 aliphatic carbocycles. The van der Waals surface area contributed by atoms with Crippen molar-refractivity contribution in [3.63, 3.8) is 0 Å². The molecule has 276 valence electrons. The van der Waals surface area contributed by atoms with Crippen LogP contribution in [0.15, 0.2) is 94.1 Å². The fourth-order valence-electron chi connectivity index (χ4n) is 4.93. The second-order valence-electron chi connectivity index (χ2n) is 10.7. The first-order valence-electron chi connectivity index (χ1n) is 15.4. The van der Waals surface area contributed by atoms with E-state index < -0.39 is 9.85 Å². The molecule has 0 saturated carbocycles. The fraction of sp³-hybridized carbons (Fsp3) is 0.167. The number of benzene rings is 4. The highest BCUT2D eigenvalue weighted by Gasteiger charge is 2.19. The van der Waals surface area contributed by atoms with Crippen LogP contribution in [-0.4, -0.2) is 48.3 Å². The van der Waals surface area contributed by atoms with Crippen molar-refractivity contribution in [3.05, 3.63) is 131 Å². The van der Waals surface area contributed by atoms with Crippen molar-refractivity contribution in [1.29, 1.82) is 0 Å². The second kappa shape index (κ2) is 19.0. The lowest BCUT2D eigenvalue weighted by Gasteiger charge is -2.13. The van der Waals surface area contributed by atoms with E-state index in [2.05, 4.69) is 47.1 Å². The molecule has 14 nitrogen and oxygen atoms in total. The van der Waals surface area contributed by atoms with Crippen LogP contribution in [0.4, 0.5) is 17.1 Å². The van der Waals surface area contributed by atoms with Gasteiger partial charge in [-0.25, -0.2) is 9.97 Å². The molecule has 0 fully saturated rings. The Kier molecular flexibility index (Phi) is 14.5. The molecule has 6 rings (SSSR count). The summed E-state index contributed by atoms with van der Waals surface area (Å²) < 4.78 is 22.4. The number of nitrogens with zero attached hydrogens (tertiary/aromatic N) is 4. The standard InChI is InChI=1S/C18H16BrN3O4.C9H4BrClN2O2.C9H13NO2/c1-25-13-5-3-11(17(8-13)26-2)9-21-18-14-6-4-12(19)7-15(14)20-10-16(18)22(23)24;10-5-1-2-6-7(3-5)12-4-8(9(6)11)13(14)15;1-11-8-4-3-7(6-10)9(5-8)12-2/h3-8,10H,9H2,1-2H3,(H,20,21);1-4H;3-5H,6,10H2,1-2H3. The first kappa shape index (κ1) is 40.5. The monoisotopic (exact) mass is 870 g/mol. The zero-order valence-corrected chi connectivity index (χ0v) is 32.7. The number of nitro groups is 2. The Balaban J connectivity index is 0.000000196. The summed E-state index contributed by atoms with van der Waals surface area (Å²) in [6.07, 6.45) is 2.43. The number of rotatable bonds is 10. The number of nitrogens with two attached hydrogens (primary N) is 1. The molecule has 0 aliphatic heterocycles. The highest BCUT2D eigenvalue weighted by molar-refractivity contribution is 9.10. The minimum Gasteiger partial charge on any atom is -0.497 e. The molecule has 0 atom stereocenters. The van der Waals surface area contributed by atoms with Gasteiger partial charge < -0.3 is 30.0 Å². The smallest absolute Gasteiger partial charge is 0.311 e. The predicted octanol–water partition coefficient (Wildman–Crippen LogP) is 9.26. The molecule has 4 aromatic carbocycles. The van der Waals surface area contributed by atoms with Gasteiger partial charge in [0.05, 0.1) is 49.3 Å². The maximum absolute atomic E-state index is 11.4. The lowest BCUT2D eigenvalue weighted by atomic mass is 10.1. The van der Waals surface area contributed by atoms with Crippen LogP contribution in [0.1, 0.15) is 11.1 Å². The maximum Gasteiger partial charge on any atom is 0.311 e. The van der Waals surface area contributed by atoms with Gasteiger partial charge in [-0.3, -0.25) is 20.2 Å². The van der Waals surface area contributed by atoms with Gasteiger partial charge in [-0.1, -0.05) is 49.5 Å². The van der Waals surface area contributed by atoms with Crippen LogP contribution in [-0.2, 0) is 13.1 Å². The number of nitrogens with one attached hydrogen (secondary N) is 1. The van der Waals surface area contributed by atoms with Gasteiger partial charge in [-0.05, 0) is 54.6 Å². The molecule has 0 unspecified atom stereocenters. The van der Waals surface area contributed by atoms with Gasteiger partial charge in [0, 0.05) is 56.1 Å². The average Bonchev–Trinajstić information content (AvgIpc) is 3.16. The van der Waals surface area contributed by atoms with E-state index >= 15 is 0 Å².